The van der Waals surface area contributed by atoms with Gasteiger partial charge in [-0.25, -0.2) is 9.59 Å². The summed E-state index contributed by atoms with van der Waals surface area (Å²) in [5.74, 6) is 0. The molecule has 2 aliphatic rings. The number of hydrogen-bond donors (Lipinski definition) is 1. The third-order valence-corrected chi connectivity index (χ3v) is 5.97. The average Bonchev–Trinajstić information content (AvgIpc) is 3.27. The van der Waals surface area contributed by atoms with Gasteiger partial charge in [-0.1, -0.05) is 30.3 Å². The van der Waals surface area contributed by atoms with Crippen molar-refractivity contribution in [3.63, 3.8) is 0 Å². The highest BCUT2D eigenvalue weighted by atomic mass is 16.7. The number of nitrogens with zero attached hydrogens (tertiary/aromatic N) is 3. The third kappa shape index (κ3) is 5.08. The number of nitrogens with one attached hydrogen (secondary N) is 1. The minimum atomic E-state index is -0.877. The Hall–Kier alpha value is -2.95. The third-order valence-electron chi connectivity index (χ3n) is 5.97. The first-order chi connectivity index (χ1) is 15.9. The van der Waals surface area contributed by atoms with Crippen LogP contribution >= 0.6 is 0 Å². The minimum Gasteiger partial charge on any atom is -0.444 e. The van der Waals surface area contributed by atoms with Gasteiger partial charge in [0.15, 0.2) is 6.23 Å². The molecule has 10 nitrogen and oxygen atoms in total. The second-order valence-corrected chi connectivity index (χ2v) is 10.1. The van der Waals surface area contributed by atoms with Gasteiger partial charge in [-0.15, -0.1) is 0 Å². The van der Waals surface area contributed by atoms with Crippen molar-refractivity contribution in [2.45, 2.75) is 77.2 Å². The van der Waals surface area contributed by atoms with Crippen LogP contribution in [0.2, 0.25) is 0 Å². The number of amides is 1. The van der Waals surface area contributed by atoms with E-state index in [2.05, 4.69) is 4.98 Å². The highest BCUT2D eigenvalue weighted by Crippen LogP contribution is 2.39. The van der Waals surface area contributed by atoms with Crippen LogP contribution in [0, 0.1) is 0 Å². The summed E-state index contributed by atoms with van der Waals surface area (Å²) < 4.78 is 13.1. The number of aromatic amines is 1. The van der Waals surface area contributed by atoms with Crippen molar-refractivity contribution in [1.29, 1.82) is 0 Å². The van der Waals surface area contributed by atoms with Gasteiger partial charge < -0.3 is 9.47 Å². The molecule has 2 aromatic rings. The summed E-state index contributed by atoms with van der Waals surface area (Å²) in [6.07, 6.45) is 0.712. The first kappa shape index (κ1) is 24.2. The van der Waals surface area contributed by atoms with Gasteiger partial charge in [-0.3, -0.25) is 24.1 Å². The SMILES string of the molecule is CC(C)(C)OC(=O)N1[C@H]([C@@H]2C[C@H](n3ccc(=O)[nH]c3=O)ON2Cc2ccccc2)COC1(C)C. The molecule has 0 radical (unpaired) electrons. The summed E-state index contributed by atoms with van der Waals surface area (Å²) in [7, 11) is 0. The van der Waals surface area contributed by atoms with Gasteiger partial charge >= 0.3 is 11.8 Å². The first-order valence-corrected chi connectivity index (χ1v) is 11.4. The van der Waals surface area contributed by atoms with Crippen molar-refractivity contribution >= 4 is 6.09 Å². The molecule has 1 aromatic heterocycles. The fourth-order valence-corrected chi connectivity index (χ4v) is 4.47. The smallest absolute Gasteiger partial charge is 0.412 e. The lowest BCUT2D eigenvalue weighted by molar-refractivity contribution is -0.196. The summed E-state index contributed by atoms with van der Waals surface area (Å²) in [5.41, 5.74) is -1.55. The number of hydrogen-bond acceptors (Lipinski definition) is 7. The molecular weight excluding hydrogens is 440 g/mol. The van der Waals surface area contributed by atoms with Gasteiger partial charge in [0.2, 0.25) is 0 Å². The zero-order valence-electron chi connectivity index (χ0n) is 20.2. The van der Waals surface area contributed by atoms with Crippen LogP contribution in [-0.4, -0.2) is 55.6 Å². The highest BCUT2D eigenvalue weighted by molar-refractivity contribution is 5.70. The van der Waals surface area contributed by atoms with Gasteiger partial charge in [-0.05, 0) is 40.2 Å². The number of ether oxygens (including phenoxy) is 2. The van der Waals surface area contributed by atoms with E-state index in [0.29, 0.717) is 19.6 Å². The van der Waals surface area contributed by atoms with E-state index in [1.165, 1.54) is 16.8 Å². The molecule has 0 spiro atoms. The number of H-pyrrole nitrogens is 1. The number of rotatable bonds is 4. The van der Waals surface area contributed by atoms with E-state index in [0.717, 1.165) is 5.56 Å². The van der Waals surface area contributed by atoms with Crippen LogP contribution in [-0.2, 0) is 20.9 Å². The molecule has 0 unspecified atom stereocenters. The van der Waals surface area contributed by atoms with Gasteiger partial charge in [0.25, 0.3) is 5.56 Å². The molecular formula is C24H32N4O6. The van der Waals surface area contributed by atoms with E-state index in [1.807, 2.05) is 65.0 Å². The van der Waals surface area contributed by atoms with Gasteiger partial charge in [-0.2, -0.15) is 5.06 Å². The van der Waals surface area contributed by atoms with E-state index in [1.54, 1.807) is 9.96 Å². The summed E-state index contributed by atoms with van der Waals surface area (Å²) >= 11 is 0. The average molecular weight is 473 g/mol. The zero-order valence-corrected chi connectivity index (χ0v) is 20.2. The normalized spacial score (nSPS) is 25.0. The highest BCUT2D eigenvalue weighted by Gasteiger charge is 2.52. The van der Waals surface area contributed by atoms with E-state index < -0.39 is 34.9 Å². The number of benzene rings is 1. The Bertz CT molecular complexity index is 1140. The number of aromatic nitrogens is 2. The van der Waals surface area contributed by atoms with Crippen molar-refractivity contribution < 1.29 is 19.1 Å². The fourth-order valence-electron chi connectivity index (χ4n) is 4.47. The monoisotopic (exact) mass is 472 g/mol. The van der Waals surface area contributed by atoms with E-state index in [-0.39, 0.29) is 12.1 Å². The standard InChI is InChI=1S/C24H32N4O6/c1-23(2,3)33-22(31)28-18(15-32-24(28,4)5)17-13-20(26-12-11-19(29)25-21(26)30)34-27(17)14-16-9-7-6-8-10-16/h6-12,17-18,20H,13-15H2,1-5H3,(H,25,29,30)/t17-,18-,20+/m0/s1. The molecule has 1 amide bonds. The topological polar surface area (TPSA) is 106 Å². The summed E-state index contributed by atoms with van der Waals surface area (Å²) in [6, 6.07) is 10.4. The molecule has 1 aromatic carbocycles. The predicted molar refractivity (Wildman–Crippen MR) is 124 cm³/mol. The van der Waals surface area contributed by atoms with Crippen LogP contribution in [0.3, 0.4) is 0 Å². The molecule has 3 atom stereocenters. The van der Waals surface area contributed by atoms with E-state index in [4.69, 9.17) is 14.3 Å². The molecule has 0 bridgehead atoms. The van der Waals surface area contributed by atoms with Gasteiger partial charge in [0.05, 0.1) is 18.7 Å². The van der Waals surface area contributed by atoms with Crippen LogP contribution < -0.4 is 11.2 Å². The van der Waals surface area contributed by atoms with E-state index in [9.17, 15) is 14.4 Å². The molecule has 4 rings (SSSR count). The molecule has 2 fully saturated rings. The van der Waals surface area contributed by atoms with Crippen molar-refractivity contribution in [2.24, 2.45) is 0 Å². The molecule has 0 saturated carbocycles. The van der Waals surface area contributed by atoms with Crippen molar-refractivity contribution in [3.8, 4) is 0 Å². The molecule has 3 heterocycles. The fraction of sp³-hybridized carbons (Fsp3) is 0.542. The Kier molecular flexibility index (Phi) is 6.41. The second kappa shape index (κ2) is 9.01. The maximum atomic E-state index is 13.2. The maximum absolute atomic E-state index is 13.2. The Morgan fingerprint density at radius 3 is 2.50 bits per heavy atom. The van der Waals surface area contributed by atoms with Gasteiger partial charge in [0.1, 0.15) is 11.3 Å². The molecule has 0 aliphatic carbocycles. The number of hydroxylamine groups is 2. The predicted octanol–water partition coefficient (Wildman–Crippen LogP) is 2.61. The first-order valence-electron chi connectivity index (χ1n) is 11.4. The van der Waals surface area contributed by atoms with E-state index >= 15 is 0 Å². The van der Waals surface area contributed by atoms with Crippen LogP contribution in [0.1, 0.15) is 52.8 Å². The molecule has 2 aliphatic heterocycles. The van der Waals surface area contributed by atoms with Crippen LogP contribution in [0.5, 0.6) is 0 Å². The lowest BCUT2D eigenvalue weighted by atomic mass is 10.0. The quantitative estimate of drug-likeness (QED) is 0.729. The van der Waals surface area contributed by atoms with Crippen molar-refractivity contribution in [3.05, 3.63) is 69.0 Å². The number of carbonyl (C=O) groups excluding carboxylic acids is 1. The van der Waals surface area contributed by atoms with Crippen LogP contribution in [0.4, 0.5) is 4.79 Å². The van der Waals surface area contributed by atoms with Crippen molar-refractivity contribution in [2.75, 3.05) is 6.61 Å². The molecule has 2 saturated heterocycles. The lowest BCUT2D eigenvalue weighted by Crippen LogP contribution is -2.55. The van der Waals surface area contributed by atoms with Crippen LogP contribution in [0.25, 0.3) is 0 Å². The molecule has 10 heteroatoms. The van der Waals surface area contributed by atoms with Gasteiger partial charge in [0, 0.05) is 25.2 Å². The van der Waals surface area contributed by atoms with Crippen molar-refractivity contribution in [1.82, 2.24) is 19.5 Å². The summed E-state index contributed by atoms with van der Waals surface area (Å²) in [6.45, 7) is 9.86. The maximum Gasteiger partial charge on any atom is 0.412 e. The van der Waals surface area contributed by atoms with Crippen LogP contribution in [0.15, 0.2) is 52.2 Å². The Morgan fingerprint density at radius 2 is 1.85 bits per heavy atom. The Morgan fingerprint density at radius 1 is 1.15 bits per heavy atom. The second-order valence-electron chi connectivity index (χ2n) is 10.1. The lowest BCUT2D eigenvalue weighted by Gasteiger charge is -2.38. The molecule has 184 valence electrons. The molecule has 1 N–H and O–H groups in total. The Balaban J connectivity index is 1.67. The summed E-state index contributed by atoms with van der Waals surface area (Å²) in [5, 5.41) is 1.80. The zero-order chi connectivity index (χ0) is 24.7. The molecule has 34 heavy (non-hydrogen) atoms. The minimum absolute atomic E-state index is 0.290. The summed E-state index contributed by atoms with van der Waals surface area (Å²) in [4.78, 5) is 47.4. The largest absolute Gasteiger partial charge is 0.444 e. The Labute approximate surface area is 198 Å². The number of carbonyl (C=O) groups is 1.